The lowest BCUT2D eigenvalue weighted by atomic mass is 10.1. The molecule has 4 rings (SSSR count). The van der Waals surface area contributed by atoms with Gasteiger partial charge in [-0.15, -0.1) is 11.3 Å². The number of anilines is 2. The van der Waals surface area contributed by atoms with Crippen molar-refractivity contribution in [3.8, 4) is 22.0 Å². The summed E-state index contributed by atoms with van der Waals surface area (Å²) < 4.78 is 1.95. The van der Waals surface area contributed by atoms with Crippen molar-refractivity contribution in [2.45, 2.75) is 0 Å². The summed E-state index contributed by atoms with van der Waals surface area (Å²) in [5, 5.41) is 3.61. The molecule has 5 nitrogen and oxygen atoms in total. The summed E-state index contributed by atoms with van der Waals surface area (Å²) in [5.74, 6) is 0. The summed E-state index contributed by atoms with van der Waals surface area (Å²) in [6.07, 6.45) is 3.67. The molecule has 0 atom stereocenters. The molecule has 4 aromatic rings. The maximum absolute atomic E-state index is 6.12. The third-order valence-corrected chi connectivity index (χ3v) is 5.07. The summed E-state index contributed by atoms with van der Waals surface area (Å²) in [4.78, 5) is 11.3. The fraction of sp³-hybridized carbons (Fsp3) is 0.111. The van der Waals surface area contributed by atoms with Crippen LogP contribution in [0.25, 0.3) is 27.6 Å². The Morgan fingerprint density at radius 3 is 2.84 bits per heavy atom. The summed E-state index contributed by atoms with van der Waals surface area (Å²) in [5.41, 5.74) is 11.4. The Morgan fingerprint density at radius 2 is 2.04 bits per heavy atom. The predicted molar refractivity (Wildman–Crippen MR) is 105 cm³/mol. The maximum atomic E-state index is 6.12. The molecule has 0 saturated heterocycles. The van der Waals surface area contributed by atoms with E-state index in [1.807, 2.05) is 66.6 Å². The third-order valence-electron chi connectivity index (χ3n) is 3.97. The van der Waals surface area contributed by atoms with Crippen molar-refractivity contribution in [3.05, 3.63) is 53.1 Å². The molecule has 0 aliphatic heterocycles. The van der Waals surface area contributed by atoms with Gasteiger partial charge in [-0.05, 0) is 30.3 Å². The van der Waals surface area contributed by atoms with Crippen molar-refractivity contribution >= 4 is 40.0 Å². The third kappa shape index (κ3) is 2.83. The van der Waals surface area contributed by atoms with Gasteiger partial charge in [-0.1, -0.05) is 11.6 Å². The monoisotopic (exact) mass is 369 g/mol. The average molecular weight is 370 g/mol. The molecule has 0 aliphatic rings. The second-order valence-corrected chi connectivity index (χ2v) is 7.22. The minimum Gasteiger partial charge on any atom is -0.399 e. The van der Waals surface area contributed by atoms with Crippen LogP contribution in [-0.2, 0) is 0 Å². The number of pyridine rings is 1. The molecule has 3 aromatic heterocycles. The van der Waals surface area contributed by atoms with Gasteiger partial charge in [-0.25, -0.2) is 9.97 Å². The van der Waals surface area contributed by atoms with Crippen molar-refractivity contribution in [2.24, 2.45) is 0 Å². The molecule has 0 saturated carbocycles. The van der Waals surface area contributed by atoms with Crippen LogP contribution in [0.15, 0.2) is 48.1 Å². The van der Waals surface area contributed by atoms with Crippen LogP contribution in [0.1, 0.15) is 0 Å². The summed E-state index contributed by atoms with van der Waals surface area (Å²) in [7, 11) is 4.02. The first-order valence-electron chi connectivity index (χ1n) is 7.68. The van der Waals surface area contributed by atoms with Gasteiger partial charge in [0, 0.05) is 42.6 Å². The van der Waals surface area contributed by atoms with Crippen LogP contribution < -0.4 is 10.6 Å². The molecule has 0 fully saturated rings. The van der Waals surface area contributed by atoms with Crippen LogP contribution in [0.5, 0.6) is 0 Å². The predicted octanol–water partition coefficient (Wildman–Crippen LogP) is 4.43. The molecule has 0 aliphatic carbocycles. The van der Waals surface area contributed by atoms with Crippen molar-refractivity contribution < 1.29 is 0 Å². The summed E-state index contributed by atoms with van der Waals surface area (Å²) in [6.45, 7) is 0. The van der Waals surface area contributed by atoms with Gasteiger partial charge in [0.2, 0.25) is 0 Å². The number of imidazole rings is 1. The molecule has 25 heavy (non-hydrogen) atoms. The first-order valence-corrected chi connectivity index (χ1v) is 8.94. The first kappa shape index (κ1) is 15.9. The van der Waals surface area contributed by atoms with E-state index in [0.717, 1.165) is 39.0 Å². The topological polar surface area (TPSA) is 59.5 Å². The van der Waals surface area contributed by atoms with Gasteiger partial charge in [0.25, 0.3) is 0 Å². The Kier molecular flexibility index (Phi) is 3.86. The second-order valence-electron chi connectivity index (χ2n) is 5.93. The maximum Gasteiger partial charge on any atom is 0.137 e. The smallest absolute Gasteiger partial charge is 0.137 e. The largest absolute Gasteiger partial charge is 0.399 e. The lowest BCUT2D eigenvalue weighted by Gasteiger charge is -2.16. The number of benzene rings is 1. The highest BCUT2D eigenvalue weighted by Crippen LogP contribution is 2.36. The van der Waals surface area contributed by atoms with Crippen LogP contribution in [0, 0.1) is 0 Å². The number of nitrogens with two attached hydrogens (primary N) is 1. The number of thiazole rings is 1. The quantitative estimate of drug-likeness (QED) is 0.543. The van der Waals surface area contributed by atoms with E-state index < -0.39 is 0 Å². The van der Waals surface area contributed by atoms with Crippen LogP contribution in [-0.4, -0.2) is 28.5 Å². The fourth-order valence-corrected chi connectivity index (χ4v) is 3.77. The Bertz CT molecular complexity index is 1070. The van der Waals surface area contributed by atoms with Gasteiger partial charge in [0.15, 0.2) is 0 Å². The molecule has 2 N–H and O–H groups in total. The standard InChI is InChI=1S/C18H16ClN5S/c1-23(2)15-5-4-12(20)7-13(15)18-22-14(10-25-18)16-8-21-17-6-3-11(19)9-24(16)17/h3-10H,20H2,1-2H3. The highest BCUT2D eigenvalue weighted by atomic mass is 35.5. The van der Waals surface area contributed by atoms with E-state index in [2.05, 4.69) is 9.88 Å². The number of hydrogen-bond acceptors (Lipinski definition) is 5. The highest BCUT2D eigenvalue weighted by molar-refractivity contribution is 7.13. The first-order chi connectivity index (χ1) is 12.0. The number of rotatable bonds is 3. The van der Waals surface area contributed by atoms with Gasteiger partial charge in [0.05, 0.1) is 16.9 Å². The molecular formula is C18H16ClN5S. The summed E-state index contributed by atoms with van der Waals surface area (Å²) >= 11 is 7.71. The normalized spacial score (nSPS) is 11.2. The molecule has 126 valence electrons. The summed E-state index contributed by atoms with van der Waals surface area (Å²) in [6, 6.07) is 9.60. The van der Waals surface area contributed by atoms with Crippen LogP contribution in [0.3, 0.4) is 0 Å². The minimum absolute atomic E-state index is 0.660. The van der Waals surface area contributed by atoms with E-state index in [1.165, 1.54) is 0 Å². The molecule has 3 heterocycles. The van der Waals surface area contributed by atoms with E-state index in [4.69, 9.17) is 22.3 Å². The lowest BCUT2D eigenvalue weighted by Crippen LogP contribution is -2.10. The molecule has 0 amide bonds. The molecular weight excluding hydrogens is 354 g/mol. The molecule has 1 aromatic carbocycles. The zero-order chi connectivity index (χ0) is 17.6. The van der Waals surface area contributed by atoms with E-state index in [-0.39, 0.29) is 0 Å². The molecule has 0 spiro atoms. The fourth-order valence-electron chi connectivity index (χ4n) is 2.77. The zero-order valence-corrected chi connectivity index (χ0v) is 15.3. The minimum atomic E-state index is 0.660. The van der Waals surface area contributed by atoms with E-state index in [1.54, 1.807) is 11.3 Å². The van der Waals surface area contributed by atoms with Crippen LogP contribution >= 0.6 is 22.9 Å². The number of aromatic nitrogens is 3. The highest BCUT2D eigenvalue weighted by Gasteiger charge is 2.15. The number of halogens is 1. The number of fused-ring (bicyclic) bond motifs is 1. The van der Waals surface area contributed by atoms with Gasteiger partial charge in [-0.3, -0.25) is 4.40 Å². The second kappa shape index (κ2) is 6.06. The number of nitrogens with zero attached hydrogens (tertiary/aromatic N) is 4. The zero-order valence-electron chi connectivity index (χ0n) is 13.8. The molecule has 0 radical (unpaired) electrons. The van der Waals surface area contributed by atoms with Crippen molar-refractivity contribution in [1.29, 1.82) is 0 Å². The van der Waals surface area contributed by atoms with Crippen molar-refractivity contribution in [1.82, 2.24) is 14.4 Å². The Labute approximate surface area is 154 Å². The average Bonchev–Trinajstić information content (AvgIpc) is 3.20. The Balaban J connectivity index is 1.83. The van der Waals surface area contributed by atoms with Gasteiger partial charge in [-0.2, -0.15) is 0 Å². The number of hydrogen-bond donors (Lipinski definition) is 1. The number of nitrogen functional groups attached to an aromatic ring is 1. The van der Waals surface area contributed by atoms with Crippen molar-refractivity contribution in [2.75, 3.05) is 24.7 Å². The SMILES string of the molecule is CN(C)c1ccc(N)cc1-c1nc(-c2cnc3ccc(Cl)cn23)cs1. The lowest BCUT2D eigenvalue weighted by molar-refractivity contribution is 1.13. The van der Waals surface area contributed by atoms with E-state index >= 15 is 0 Å². The molecule has 7 heteroatoms. The van der Waals surface area contributed by atoms with Crippen LogP contribution in [0.2, 0.25) is 5.02 Å². The van der Waals surface area contributed by atoms with Gasteiger partial charge < -0.3 is 10.6 Å². The Hall–Kier alpha value is -2.57. The van der Waals surface area contributed by atoms with E-state index in [0.29, 0.717) is 5.02 Å². The molecule has 0 bridgehead atoms. The van der Waals surface area contributed by atoms with Gasteiger partial charge in [0.1, 0.15) is 16.3 Å². The molecule has 0 unspecified atom stereocenters. The van der Waals surface area contributed by atoms with Crippen LogP contribution in [0.4, 0.5) is 11.4 Å². The Morgan fingerprint density at radius 1 is 1.20 bits per heavy atom. The van der Waals surface area contributed by atoms with Gasteiger partial charge >= 0.3 is 0 Å². The van der Waals surface area contributed by atoms with E-state index in [9.17, 15) is 0 Å². The van der Waals surface area contributed by atoms with Crippen molar-refractivity contribution in [3.63, 3.8) is 0 Å².